The van der Waals surface area contributed by atoms with Gasteiger partial charge >= 0.3 is 5.97 Å². The lowest BCUT2D eigenvalue weighted by Crippen LogP contribution is -2.51. The minimum Gasteiger partial charge on any atom is -0.462 e. The first-order valence-corrected chi connectivity index (χ1v) is 15.6. The number of carbonyl (C=O) groups is 1. The van der Waals surface area contributed by atoms with E-state index in [9.17, 15) is 4.79 Å². The largest absolute Gasteiger partial charge is 0.462 e. The van der Waals surface area contributed by atoms with Gasteiger partial charge in [-0.3, -0.25) is 4.79 Å². The van der Waals surface area contributed by atoms with Crippen LogP contribution in [0, 0.1) is 52.3 Å². The fraction of sp³-hybridized carbons (Fsp3) is 0.909. The highest BCUT2D eigenvalue weighted by Gasteiger charge is 2.59. The molecule has 0 unspecified atom stereocenters. The van der Waals surface area contributed by atoms with Crippen molar-refractivity contribution in [1.29, 1.82) is 0 Å². The van der Waals surface area contributed by atoms with Crippen molar-refractivity contribution in [2.75, 3.05) is 0 Å². The van der Waals surface area contributed by atoms with Crippen molar-refractivity contribution < 1.29 is 9.53 Å². The number of allylic oxidation sites excluding steroid dienone is 1. The normalized spacial score (nSPS) is 42.2. The highest BCUT2D eigenvalue weighted by atomic mass is 16.5. The highest BCUT2D eigenvalue weighted by molar-refractivity contribution is 5.73. The molecule has 5 rings (SSSR count). The van der Waals surface area contributed by atoms with Gasteiger partial charge in [0.1, 0.15) is 6.10 Å². The maximum absolute atomic E-state index is 12.7. The summed E-state index contributed by atoms with van der Waals surface area (Å²) < 4.78 is 6.10. The zero-order valence-electron chi connectivity index (χ0n) is 23.6. The average molecular weight is 483 g/mol. The van der Waals surface area contributed by atoms with Crippen molar-refractivity contribution in [2.45, 2.75) is 137 Å². The van der Waals surface area contributed by atoms with Gasteiger partial charge in [0.05, 0.1) is 5.92 Å². The Bertz CT molecular complexity index is 791. The standard InChI is InChI=1S/C33H54O2/c1-22(2)9-8-10-23(3)28-15-16-29-27-14-13-25-21-26(35-31(34)24-11-6-7-12-24)17-19-32(25,4)30(27)18-20-33(28,29)5/h13,22-24,26-30H,6-12,14-21H2,1-5H3/t23-,26-,27-,28+,29-,30-,32-,33+/m0/s1. The van der Waals surface area contributed by atoms with Crippen LogP contribution in [0.3, 0.4) is 0 Å². The number of fused-ring (bicyclic) bond motifs is 5. The van der Waals surface area contributed by atoms with Crippen LogP contribution in [-0.4, -0.2) is 12.1 Å². The van der Waals surface area contributed by atoms with Gasteiger partial charge in [0.2, 0.25) is 0 Å². The maximum Gasteiger partial charge on any atom is 0.309 e. The molecule has 4 fully saturated rings. The Hall–Kier alpha value is -0.790. The molecule has 5 aliphatic carbocycles. The molecular weight excluding hydrogens is 428 g/mol. The Kier molecular flexibility index (Phi) is 7.51. The summed E-state index contributed by atoms with van der Waals surface area (Å²) in [7, 11) is 0. The van der Waals surface area contributed by atoms with Gasteiger partial charge in [-0.2, -0.15) is 0 Å². The highest BCUT2D eigenvalue weighted by Crippen LogP contribution is 2.67. The summed E-state index contributed by atoms with van der Waals surface area (Å²) in [4.78, 5) is 12.7. The van der Waals surface area contributed by atoms with E-state index in [0.717, 1.165) is 61.2 Å². The van der Waals surface area contributed by atoms with Crippen LogP contribution in [0.1, 0.15) is 131 Å². The Balaban J connectivity index is 1.24. The third kappa shape index (κ3) is 4.79. The van der Waals surface area contributed by atoms with Gasteiger partial charge in [-0.15, -0.1) is 0 Å². The molecule has 0 spiro atoms. The minimum atomic E-state index is 0.110. The maximum atomic E-state index is 12.7. The second-order valence-electron chi connectivity index (χ2n) is 14.6. The van der Waals surface area contributed by atoms with E-state index < -0.39 is 0 Å². The third-order valence-electron chi connectivity index (χ3n) is 12.2. The number of ether oxygens (including phenoxy) is 1. The van der Waals surface area contributed by atoms with Gasteiger partial charge in [0.25, 0.3) is 0 Å². The number of esters is 1. The summed E-state index contributed by atoms with van der Waals surface area (Å²) in [6.45, 7) is 12.6. The molecule has 0 bridgehead atoms. The molecule has 0 aromatic heterocycles. The molecular formula is C33H54O2. The van der Waals surface area contributed by atoms with Crippen molar-refractivity contribution in [3.05, 3.63) is 11.6 Å². The Morgan fingerprint density at radius 3 is 2.49 bits per heavy atom. The predicted molar refractivity (Wildman–Crippen MR) is 145 cm³/mol. The molecule has 2 heteroatoms. The van der Waals surface area contributed by atoms with Crippen LogP contribution in [0.15, 0.2) is 11.6 Å². The summed E-state index contributed by atoms with van der Waals surface area (Å²) in [6, 6.07) is 0. The van der Waals surface area contributed by atoms with Crippen molar-refractivity contribution in [3.63, 3.8) is 0 Å². The molecule has 0 aliphatic heterocycles. The van der Waals surface area contributed by atoms with E-state index >= 15 is 0 Å². The molecule has 0 N–H and O–H groups in total. The Morgan fingerprint density at radius 2 is 1.74 bits per heavy atom. The molecule has 198 valence electrons. The predicted octanol–water partition coefficient (Wildman–Crippen LogP) is 9.13. The Labute approximate surface area is 216 Å². The smallest absolute Gasteiger partial charge is 0.309 e. The molecule has 8 atom stereocenters. The minimum absolute atomic E-state index is 0.110. The van der Waals surface area contributed by atoms with E-state index in [2.05, 4.69) is 40.7 Å². The van der Waals surface area contributed by atoms with E-state index in [1.54, 1.807) is 5.57 Å². The second-order valence-corrected chi connectivity index (χ2v) is 14.6. The van der Waals surface area contributed by atoms with Crippen LogP contribution in [0.2, 0.25) is 0 Å². The Morgan fingerprint density at radius 1 is 0.971 bits per heavy atom. The zero-order chi connectivity index (χ0) is 24.8. The first-order valence-electron chi connectivity index (χ1n) is 15.6. The molecule has 0 amide bonds. The van der Waals surface area contributed by atoms with Crippen LogP contribution in [0.25, 0.3) is 0 Å². The average Bonchev–Trinajstić information content (AvgIpc) is 3.47. The van der Waals surface area contributed by atoms with Crippen LogP contribution >= 0.6 is 0 Å². The third-order valence-corrected chi connectivity index (χ3v) is 12.2. The molecule has 35 heavy (non-hydrogen) atoms. The fourth-order valence-corrected chi connectivity index (χ4v) is 10.2. The summed E-state index contributed by atoms with van der Waals surface area (Å²) in [5.74, 6) is 5.61. The molecule has 5 aliphatic rings. The quantitative estimate of drug-likeness (QED) is 0.267. The molecule has 0 saturated heterocycles. The zero-order valence-corrected chi connectivity index (χ0v) is 23.6. The van der Waals surface area contributed by atoms with Crippen LogP contribution in [0.5, 0.6) is 0 Å². The fourth-order valence-electron chi connectivity index (χ4n) is 10.2. The van der Waals surface area contributed by atoms with Crippen LogP contribution in [0.4, 0.5) is 0 Å². The summed E-state index contributed by atoms with van der Waals surface area (Å²) >= 11 is 0. The van der Waals surface area contributed by atoms with Crippen molar-refractivity contribution >= 4 is 5.97 Å². The second kappa shape index (κ2) is 10.2. The van der Waals surface area contributed by atoms with Crippen molar-refractivity contribution in [2.24, 2.45) is 52.3 Å². The summed E-state index contributed by atoms with van der Waals surface area (Å²) in [5.41, 5.74) is 2.56. The first kappa shape index (κ1) is 25.8. The molecule has 0 aromatic carbocycles. The van der Waals surface area contributed by atoms with Crippen LogP contribution in [-0.2, 0) is 9.53 Å². The lowest BCUT2D eigenvalue weighted by atomic mass is 9.47. The van der Waals surface area contributed by atoms with Gasteiger partial charge in [0, 0.05) is 6.42 Å². The molecule has 0 radical (unpaired) electrons. The lowest BCUT2D eigenvalue weighted by Gasteiger charge is -2.58. The van der Waals surface area contributed by atoms with Gasteiger partial charge in [-0.25, -0.2) is 0 Å². The number of rotatable bonds is 7. The van der Waals surface area contributed by atoms with Gasteiger partial charge < -0.3 is 4.74 Å². The number of carbonyl (C=O) groups excluding carboxylic acids is 1. The van der Waals surface area contributed by atoms with E-state index in [-0.39, 0.29) is 18.0 Å². The van der Waals surface area contributed by atoms with Crippen LogP contribution < -0.4 is 0 Å². The van der Waals surface area contributed by atoms with Crippen molar-refractivity contribution in [3.8, 4) is 0 Å². The van der Waals surface area contributed by atoms with Crippen molar-refractivity contribution in [1.82, 2.24) is 0 Å². The molecule has 0 aromatic rings. The van der Waals surface area contributed by atoms with Gasteiger partial charge in [0.15, 0.2) is 0 Å². The van der Waals surface area contributed by atoms with Gasteiger partial charge in [-0.1, -0.05) is 78.4 Å². The summed E-state index contributed by atoms with van der Waals surface area (Å²) in [5, 5.41) is 0. The van der Waals surface area contributed by atoms with E-state index in [0.29, 0.717) is 10.8 Å². The number of hydrogen-bond donors (Lipinski definition) is 0. The molecule has 4 saturated carbocycles. The van der Waals surface area contributed by atoms with Gasteiger partial charge in [-0.05, 0) is 104 Å². The first-order chi connectivity index (χ1) is 16.7. The van der Waals surface area contributed by atoms with E-state index in [1.165, 1.54) is 70.6 Å². The number of hydrogen-bond acceptors (Lipinski definition) is 2. The summed E-state index contributed by atoms with van der Waals surface area (Å²) in [6.07, 6.45) is 21.9. The lowest BCUT2D eigenvalue weighted by molar-refractivity contribution is -0.156. The SMILES string of the molecule is CC(C)CCC[C@H](C)[C@H]1CC[C@H]2[C@@H]3CC=C4C[C@@H](OC(=O)C5CCCC5)CC[C@]4(C)[C@H]3CC[C@]12C. The monoisotopic (exact) mass is 482 g/mol. The van der Waals surface area contributed by atoms with E-state index in [1.807, 2.05) is 0 Å². The topological polar surface area (TPSA) is 26.3 Å². The molecule has 0 heterocycles. The molecule has 2 nitrogen and oxygen atoms in total. The van der Waals surface area contributed by atoms with E-state index in [4.69, 9.17) is 4.74 Å².